The molecule has 43 heavy (non-hydrogen) atoms. The van der Waals surface area contributed by atoms with Crippen LogP contribution in [0.15, 0.2) is 66.7 Å². The minimum Gasteiger partial charge on any atom is -0.457 e. The van der Waals surface area contributed by atoms with E-state index in [1.807, 2.05) is 81.4 Å². The molecule has 6 nitrogen and oxygen atoms in total. The van der Waals surface area contributed by atoms with Crippen LogP contribution in [0.4, 0.5) is 17.1 Å². The van der Waals surface area contributed by atoms with E-state index in [2.05, 4.69) is 6.07 Å². The van der Waals surface area contributed by atoms with Gasteiger partial charge in [-0.1, -0.05) is 0 Å². The molecule has 4 aliphatic carbocycles. The molecule has 4 bridgehead atoms. The van der Waals surface area contributed by atoms with Crippen molar-refractivity contribution >= 4 is 17.1 Å². The van der Waals surface area contributed by atoms with Gasteiger partial charge in [0.05, 0.1) is 0 Å². The lowest BCUT2D eigenvalue weighted by atomic mass is 9.50. The molecule has 0 atom stereocenters. The molecule has 0 aliphatic heterocycles. The van der Waals surface area contributed by atoms with E-state index < -0.39 is 0 Å². The topological polar surface area (TPSA) is 106 Å². The van der Waals surface area contributed by atoms with E-state index in [-0.39, 0.29) is 0 Å². The Balaban J connectivity index is 1.36. The van der Waals surface area contributed by atoms with Gasteiger partial charge in [0, 0.05) is 28.7 Å². The number of rotatable bonds is 7. The van der Waals surface area contributed by atoms with Crippen LogP contribution in [0.2, 0.25) is 0 Å². The summed E-state index contributed by atoms with van der Waals surface area (Å²) in [6, 6.07) is 21.5. The highest BCUT2D eigenvalue weighted by Crippen LogP contribution is 2.61. The molecule has 0 aromatic heterocycles. The summed E-state index contributed by atoms with van der Waals surface area (Å²) in [4.78, 5) is 0. The van der Waals surface area contributed by atoms with Gasteiger partial charge in [-0.3, -0.25) is 0 Å². The average molecular weight is 576 g/mol. The fraction of sp³-hybridized carbons (Fsp3) is 0.351. The molecule has 0 amide bonds. The van der Waals surface area contributed by atoms with Crippen LogP contribution < -0.4 is 31.4 Å². The first-order chi connectivity index (χ1) is 20.7. The highest BCUT2D eigenvalue weighted by Gasteiger charge is 2.49. The van der Waals surface area contributed by atoms with Crippen LogP contribution in [0.3, 0.4) is 0 Å². The SMILES string of the molecule is Cc1cc(Oc2cc(Oc3ccc(N)c(C)c3)c(C3C4CC5CC(C4)CC3C5)cc2Oc2ccc(N)c(C)c2)ccc1N. The molecular formula is C37H41N3O3. The molecule has 4 aromatic carbocycles. The van der Waals surface area contributed by atoms with Crippen molar-refractivity contribution in [1.82, 2.24) is 0 Å². The summed E-state index contributed by atoms with van der Waals surface area (Å²) in [5.41, 5.74) is 24.7. The number of hydrogen-bond acceptors (Lipinski definition) is 6. The first kappa shape index (κ1) is 27.5. The van der Waals surface area contributed by atoms with Crippen molar-refractivity contribution in [1.29, 1.82) is 0 Å². The highest BCUT2D eigenvalue weighted by molar-refractivity contribution is 5.59. The number of nitrogen functional groups attached to an aromatic ring is 3. The lowest BCUT2D eigenvalue weighted by Gasteiger charge is -2.54. The fourth-order valence-electron chi connectivity index (χ4n) is 8.01. The molecule has 0 unspecified atom stereocenters. The van der Waals surface area contributed by atoms with Gasteiger partial charge in [-0.2, -0.15) is 0 Å². The summed E-state index contributed by atoms with van der Waals surface area (Å²) < 4.78 is 19.9. The number of ether oxygens (including phenoxy) is 3. The van der Waals surface area contributed by atoms with Crippen molar-refractivity contribution in [3.05, 3.63) is 89.0 Å². The Morgan fingerprint density at radius 1 is 0.488 bits per heavy atom. The van der Waals surface area contributed by atoms with E-state index in [0.29, 0.717) is 40.8 Å². The Morgan fingerprint density at radius 3 is 1.30 bits per heavy atom. The van der Waals surface area contributed by atoms with Crippen molar-refractivity contribution in [2.75, 3.05) is 17.2 Å². The Kier molecular flexibility index (Phi) is 6.88. The highest BCUT2D eigenvalue weighted by atomic mass is 16.5. The van der Waals surface area contributed by atoms with Gasteiger partial charge in [-0.25, -0.2) is 0 Å². The lowest BCUT2D eigenvalue weighted by Crippen LogP contribution is -2.43. The van der Waals surface area contributed by atoms with Crippen LogP contribution in [0.5, 0.6) is 34.5 Å². The van der Waals surface area contributed by atoms with Gasteiger partial charge in [-0.15, -0.1) is 0 Å². The molecule has 222 valence electrons. The van der Waals surface area contributed by atoms with E-state index in [1.54, 1.807) is 0 Å². The Morgan fingerprint density at radius 2 is 0.884 bits per heavy atom. The Bertz CT molecular complexity index is 1670. The summed E-state index contributed by atoms with van der Waals surface area (Å²) in [7, 11) is 0. The van der Waals surface area contributed by atoms with Crippen molar-refractivity contribution in [3.63, 3.8) is 0 Å². The maximum absolute atomic E-state index is 6.74. The number of hydrogen-bond donors (Lipinski definition) is 3. The molecule has 0 saturated heterocycles. The van der Waals surface area contributed by atoms with Gasteiger partial charge >= 0.3 is 0 Å². The third kappa shape index (κ3) is 5.35. The molecule has 0 heterocycles. The quantitative estimate of drug-likeness (QED) is 0.190. The van der Waals surface area contributed by atoms with E-state index in [1.165, 1.54) is 37.7 Å². The monoisotopic (exact) mass is 575 g/mol. The van der Waals surface area contributed by atoms with Gasteiger partial charge in [0.15, 0.2) is 11.5 Å². The third-order valence-corrected chi connectivity index (χ3v) is 10.1. The standard InChI is InChI=1S/C37H41N3O3/c1-20-10-27(4-7-31(20)38)41-34-19-36(43-29-6-9-33(40)22(3)12-29)35(42-28-5-8-32(39)21(2)11-28)18-30(34)37-25-14-23-13-24(16-25)17-26(37)15-23/h4-12,18-19,23-26,37H,13-17,38-40H2,1-3H3. The number of aryl methyl sites for hydroxylation is 3. The molecule has 0 spiro atoms. The lowest BCUT2D eigenvalue weighted by molar-refractivity contribution is -0.00341. The van der Waals surface area contributed by atoms with Crippen molar-refractivity contribution in [2.24, 2.45) is 23.7 Å². The van der Waals surface area contributed by atoms with Crippen LogP contribution >= 0.6 is 0 Å². The maximum atomic E-state index is 6.74. The minimum absolute atomic E-state index is 0.418. The molecule has 4 fully saturated rings. The normalized spacial score (nSPS) is 23.7. The smallest absolute Gasteiger partial charge is 0.173 e. The Labute approximate surface area is 254 Å². The molecule has 4 saturated carbocycles. The zero-order chi connectivity index (χ0) is 29.8. The second-order valence-corrected chi connectivity index (χ2v) is 13.2. The second kappa shape index (κ2) is 10.7. The number of anilines is 3. The second-order valence-electron chi connectivity index (χ2n) is 13.2. The predicted octanol–water partition coefficient (Wildman–Crippen LogP) is 9.28. The molecule has 4 aromatic rings. The van der Waals surface area contributed by atoms with Crippen LogP contribution in [-0.4, -0.2) is 0 Å². The first-order valence-electron chi connectivity index (χ1n) is 15.5. The van der Waals surface area contributed by atoms with E-state index in [9.17, 15) is 0 Å². The van der Waals surface area contributed by atoms with Gasteiger partial charge in [0.1, 0.15) is 23.0 Å². The number of benzene rings is 4. The summed E-state index contributed by atoms with van der Waals surface area (Å²) in [5.74, 6) is 7.66. The fourth-order valence-corrected chi connectivity index (χ4v) is 8.01. The third-order valence-electron chi connectivity index (χ3n) is 10.1. The average Bonchev–Trinajstić information content (AvgIpc) is 2.96. The minimum atomic E-state index is 0.418. The number of nitrogens with two attached hydrogens (primary N) is 3. The molecule has 8 rings (SSSR count). The van der Waals surface area contributed by atoms with Gasteiger partial charge < -0.3 is 31.4 Å². The molecule has 6 N–H and O–H groups in total. The maximum Gasteiger partial charge on any atom is 0.173 e. The molecular weight excluding hydrogens is 534 g/mol. The molecule has 0 radical (unpaired) electrons. The summed E-state index contributed by atoms with van der Waals surface area (Å²) in [5, 5.41) is 0. The van der Waals surface area contributed by atoms with E-state index in [0.717, 1.165) is 57.1 Å². The van der Waals surface area contributed by atoms with Crippen LogP contribution in [0.25, 0.3) is 0 Å². The van der Waals surface area contributed by atoms with Gasteiger partial charge in [-0.05, 0) is 160 Å². The summed E-state index contributed by atoms with van der Waals surface area (Å²) in [6.07, 6.45) is 6.61. The zero-order valence-electron chi connectivity index (χ0n) is 25.2. The van der Waals surface area contributed by atoms with Crippen molar-refractivity contribution in [2.45, 2.75) is 58.8 Å². The largest absolute Gasteiger partial charge is 0.457 e. The molecule has 4 aliphatic rings. The zero-order valence-corrected chi connectivity index (χ0v) is 25.2. The van der Waals surface area contributed by atoms with Gasteiger partial charge in [0.2, 0.25) is 0 Å². The summed E-state index contributed by atoms with van der Waals surface area (Å²) in [6.45, 7) is 5.97. The molecule has 6 heteroatoms. The predicted molar refractivity (Wildman–Crippen MR) is 173 cm³/mol. The van der Waals surface area contributed by atoms with E-state index >= 15 is 0 Å². The van der Waals surface area contributed by atoms with Gasteiger partial charge in [0.25, 0.3) is 0 Å². The summed E-state index contributed by atoms with van der Waals surface area (Å²) >= 11 is 0. The van der Waals surface area contributed by atoms with Crippen LogP contribution in [0.1, 0.15) is 60.3 Å². The van der Waals surface area contributed by atoms with Crippen LogP contribution in [-0.2, 0) is 0 Å². The van der Waals surface area contributed by atoms with Crippen molar-refractivity contribution < 1.29 is 14.2 Å². The Hall–Kier alpha value is -4.32. The van der Waals surface area contributed by atoms with Crippen LogP contribution in [0, 0.1) is 44.4 Å². The van der Waals surface area contributed by atoms with Crippen molar-refractivity contribution in [3.8, 4) is 34.5 Å². The van der Waals surface area contributed by atoms with E-state index in [4.69, 9.17) is 31.4 Å². The first-order valence-corrected chi connectivity index (χ1v) is 15.5.